The first-order chi connectivity index (χ1) is 16.4. The molecule has 0 spiro atoms. The van der Waals surface area contributed by atoms with Gasteiger partial charge in [-0.3, -0.25) is 9.20 Å². The Balaban J connectivity index is 1.36. The van der Waals surface area contributed by atoms with Gasteiger partial charge in [0.15, 0.2) is 16.3 Å². The highest BCUT2D eigenvalue weighted by atomic mass is 32.1. The number of para-hydroxylation sites is 1. The van der Waals surface area contributed by atoms with E-state index in [4.69, 9.17) is 9.15 Å². The van der Waals surface area contributed by atoms with Crippen LogP contribution in [0.5, 0.6) is 5.75 Å². The van der Waals surface area contributed by atoms with Gasteiger partial charge in [-0.05, 0) is 50.2 Å². The molecule has 0 bridgehead atoms. The van der Waals surface area contributed by atoms with Crippen molar-refractivity contribution in [2.75, 3.05) is 6.61 Å². The third-order valence-corrected chi connectivity index (χ3v) is 6.63. The predicted octanol–water partition coefficient (Wildman–Crippen LogP) is 4.95. The summed E-state index contributed by atoms with van der Waals surface area (Å²) in [5.41, 5.74) is 2.01. The molecule has 172 valence electrons. The van der Waals surface area contributed by atoms with Crippen LogP contribution in [0.3, 0.4) is 0 Å². The minimum absolute atomic E-state index is 0.0706. The SMILES string of the molecule is CCOc1cccc2cc(C(=O)NCc3sc4nc(-c5ccc(F)cc5)cn4c3C)c(=O)oc12. The van der Waals surface area contributed by atoms with Crippen LogP contribution in [0.2, 0.25) is 0 Å². The molecule has 0 radical (unpaired) electrons. The second-order valence-corrected chi connectivity index (χ2v) is 8.70. The minimum Gasteiger partial charge on any atom is -0.490 e. The number of fused-ring (bicyclic) bond motifs is 2. The number of aryl methyl sites for hydroxylation is 1. The van der Waals surface area contributed by atoms with Gasteiger partial charge in [-0.2, -0.15) is 0 Å². The maximum Gasteiger partial charge on any atom is 0.349 e. The third-order valence-electron chi connectivity index (χ3n) is 5.47. The highest BCUT2D eigenvalue weighted by Crippen LogP contribution is 2.28. The fourth-order valence-corrected chi connectivity index (χ4v) is 4.76. The van der Waals surface area contributed by atoms with Crippen LogP contribution in [0.4, 0.5) is 4.39 Å². The molecule has 9 heteroatoms. The Labute approximate surface area is 197 Å². The normalized spacial score (nSPS) is 11.3. The lowest BCUT2D eigenvalue weighted by atomic mass is 10.1. The molecule has 5 aromatic rings. The number of ether oxygens (including phenoxy) is 1. The van der Waals surface area contributed by atoms with Crippen molar-refractivity contribution in [2.24, 2.45) is 0 Å². The lowest BCUT2D eigenvalue weighted by Gasteiger charge is -2.08. The lowest BCUT2D eigenvalue weighted by molar-refractivity contribution is 0.0947. The maximum atomic E-state index is 13.2. The summed E-state index contributed by atoms with van der Waals surface area (Å²) in [5, 5.41) is 3.41. The van der Waals surface area contributed by atoms with Crippen LogP contribution in [0.15, 0.2) is 63.9 Å². The second kappa shape index (κ2) is 8.75. The van der Waals surface area contributed by atoms with Gasteiger partial charge in [-0.15, -0.1) is 0 Å². The number of hydrogen-bond acceptors (Lipinski definition) is 6. The average Bonchev–Trinajstić information content (AvgIpc) is 3.37. The molecule has 0 aliphatic heterocycles. The molecule has 34 heavy (non-hydrogen) atoms. The number of hydrogen-bond donors (Lipinski definition) is 1. The van der Waals surface area contributed by atoms with Crippen LogP contribution < -0.4 is 15.7 Å². The summed E-state index contributed by atoms with van der Waals surface area (Å²) in [7, 11) is 0. The van der Waals surface area contributed by atoms with Gasteiger partial charge in [0.1, 0.15) is 11.4 Å². The number of nitrogens with one attached hydrogen (secondary N) is 1. The Kier molecular flexibility index (Phi) is 5.62. The smallest absolute Gasteiger partial charge is 0.349 e. The Morgan fingerprint density at radius 2 is 2.03 bits per heavy atom. The van der Waals surface area contributed by atoms with Gasteiger partial charge in [-0.1, -0.05) is 23.5 Å². The Hall–Kier alpha value is -3.98. The molecule has 0 saturated heterocycles. The van der Waals surface area contributed by atoms with Crippen LogP contribution in [0, 0.1) is 12.7 Å². The molecular formula is C25H20FN3O4S. The average molecular weight is 478 g/mol. The largest absolute Gasteiger partial charge is 0.490 e. The summed E-state index contributed by atoms with van der Waals surface area (Å²) >= 11 is 1.44. The first-order valence-corrected chi connectivity index (χ1v) is 11.5. The number of nitrogens with zero attached hydrogens (tertiary/aromatic N) is 2. The van der Waals surface area contributed by atoms with E-state index in [2.05, 4.69) is 10.3 Å². The van der Waals surface area contributed by atoms with Crippen molar-refractivity contribution in [3.63, 3.8) is 0 Å². The van der Waals surface area contributed by atoms with Gasteiger partial charge in [0.2, 0.25) is 0 Å². The van der Waals surface area contributed by atoms with Crippen LogP contribution in [-0.4, -0.2) is 21.9 Å². The summed E-state index contributed by atoms with van der Waals surface area (Å²) in [5.74, 6) is -0.356. The van der Waals surface area contributed by atoms with Gasteiger partial charge in [0.05, 0.1) is 18.8 Å². The number of carbonyl (C=O) groups is 1. The first-order valence-electron chi connectivity index (χ1n) is 10.7. The molecule has 1 amide bonds. The quantitative estimate of drug-likeness (QED) is 0.350. The van der Waals surface area contributed by atoms with E-state index in [-0.39, 0.29) is 17.9 Å². The number of rotatable bonds is 6. The number of amides is 1. The molecule has 1 N–H and O–H groups in total. The number of thiazole rings is 1. The van der Waals surface area contributed by atoms with Crippen molar-refractivity contribution < 1.29 is 18.3 Å². The molecule has 0 aliphatic rings. The first kappa shape index (κ1) is 21.8. The molecule has 3 aromatic heterocycles. The van der Waals surface area contributed by atoms with Crippen molar-refractivity contribution in [1.29, 1.82) is 0 Å². The number of halogens is 1. The fraction of sp³-hybridized carbons (Fsp3) is 0.160. The van der Waals surface area contributed by atoms with E-state index in [1.54, 1.807) is 30.3 Å². The predicted molar refractivity (Wildman–Crippen MR) is 128 cm³/mol. The lowest BCUT2D eigenvalue weighted by Crippen LogP contribution is -2.27. The molecular weight excluding hydrogens is 457 g/mol. The Morgan fingerprint density at radius 1 is 1.24 bits per heavy atom. The second-order valence-electron chi connectivity index (χ2n) is 7.63. The topological polar surface area (TPSA) is 85.8 Å². The Morgan fingerprint density at radius 3 is 2.76 bits per heavy atom. The van der Waals surface area contributed by atoms with Crippen LogP contribution in [-0.2, 0) is 6.54 Å². The van der Waals surface area contributed by atoms with E-state index in [9.17, 15) is 14.0 Å². The fourth-order valence-electron chi connectivity index (χ4n) is 3.72. The Bertz CT molecular complexity index is 1580. The zero-order valence-corrected chi connectivity index (χ0v) is 19.2. The number of imidazole rings is 1. The van der Waals surface area contributed by atoms with Crippen molar-refractivity contribution in [2.45, 2.75) is 20.4 Å². The monoisotopic (exact) mass is 477 g/mol. The molecule has 0 aliphatic carbocycles. The van der Waals surface area contributed by atoms with Gasteiger partial charge in [-0.25, -0.2) is 14.2 Å². The number of carbonyl (C=O) groups excluding carboxylic acids is 1. The summed E-state index contributed by atoms with van der Waals surface area (Å²) in [4.78, 5) is 31.5. The molecule has 3 heterocycles. The summed E-state index contributed by atoms with van der Waals surface area (Å²) < 4.78 is 26.0. The van der Waals surface area contributed by atoms with Gasteiger partial charge in [0, 0.05) is 27.7 Å². The molecule has 0 atom stereocenters. The van der Waals surface area contributed by atoms with E-state index < -0.39 is 11.5 Å². The van der Waals surface area contributed by atoms with Gasteiger partial charge < -0.3 is 14.5 Å². The van der Waals surface area contributed by atoms with E-state index in [0.29, 0.717) is 23.3 Å². The zero-order valence-electron chi connectivity index (χ0n) is 18.4. The highest BCUT2D eigenvalue weighted by molar-refractivity contribution is 7.17. The van der Waals surface area contributed by atoms with E-state index in [0.717, 1.165) is 26.8 Å². The van der Waals surface area contributed by atoms with E-state index in [1.807, 2.05) is 24.4 Å². The maximum absolute atomic E-state index is 13.2. The van der Waals surface area contributed by atoms with E-state index >= 15 is 0 Å². The third kappa shape index (κ3) is 3.94. The number of aromatic nitrogens is 2. The highest BCUT2D eigenvalue weighted by Gasteiger charge is 2.18. The van der Waals surface area contributed by atoms with Gasteiger partial charge >= 0.3 is 5.63 Å². The van der Waals surface area contributed by atoms with Crippen LogP contribution in [0.25, 0.3) is 27.2 Å². The van der Waals surface area contributed by atoms with Crippen molar-refractivity contribution >= 4 is 33.2 Å². The van der Waals surface area contributed by atoms with Crippen molar-refractivity contribution in [1.82, 2.24) is 14.7 Å². The molecule has 2 aromatic carbocycles. The molecule has 7 nitrogen and oxygen atoms in total. The van der Waals surface area contributed by atoms with Gasteiger partial charge in [0.25, 0.3) is 5.91 Å². The van der Waals surface area contributed by atoms with Crippen molar-refractivity contribution in [3.8, 4) is 17.0 Å². The molecule has 5 rings (SSSR count). The molecule has 0 unspecified atom stereocenters. The standard InChI is InChI=1S/C25H20FN3O4S/c1-3-32-20-6-4-5-16-11-18(24(31)33-22(16)20)23(30)27-12-21-14(2)29-13-19(28-25(29)34-21)15-7-9-17(26)10-8-15/h4-11,13H,3,12H2,1-2H3,(H,27,30). The summed E-state index contributed by atoms with van der Waals surface area (Å²) in [6, 6.07) is 12.9. The summed E-state index contributed by atoms with van der Waals surface area (Å²) in [6.07, 6.45) is 1.88. The van der Waals surface area contributed by atoms with Crippen molar-refractivity contribution in [3.05, 3.63) is 87.1 Å². The van der Waals surface area contributed by atoms with Crippen LogP contribution >= 0.6 is 11.3 Å². The van der Waals surface area contributed by atoms with Crippen LogP contribution in [0.1, 0.15) is 27.9 Å². The minimum atomic E-state index is -0.723. The summed E-state index contributed by atoms with van der Waals surface area (Å²) in [6.45, 7) is 4.44. The zero-order chi connectivity index (χ0) is 23.8. The van der Waals surface area contributed by atoms with E-state index in [1.165, 1.54) is 29.5 Å². The molecule has 0 fully saturated rings. The number of benzene rings is 2. The molecule has 0 saturated carbocycles.